The number of nitrogens with zero attached hydrogens (tertiary/aromatic N) is 2. The van der Waals surface area contributed by atoms with Crippen molar-refractivity contribution in [3.8, 4) is 0 Å². The van der Waals surface area contributed by atoms with E-state index in [1.807, 2.05) is 29.2 Å². The van der Waals surface area contributed by atoms with Crippen molar-refractivity contribution in [1.29, 1.82) is 0 Å². The number of hydrogen-bond acceptors (Lipinski definition) is 3. The van der Waals surface area contributed by atoms with Crippen LogP contribution in [0, 0.1) is 0 Å². The number of halogens is 1. The summed E-state index contributed by atoms with van der Waals surface area (Å²) in [5.41, 5.74) is 1.88. The SMILES string of the molecule is CC(C(=O)O)N(Cc1ccc(Cl)c2cccnc12)C1CC1. The van der Waals surface area contributed by atoms with E-state index in [0.29, 0.717) is 17.6 Å². The number of benzene rings is 1. The Labute approximate surface area is 128 Å². The lowest BCUT2D eigenvalue weighted by atomic mass is 10.1. The lowest BCUT2D eigenvalue weighted by molar-refractivity contribution is -0.143. The predicted molar refractivity (Wildman–Crippen MR) is 82.4 cm³/mol. The number of carboxylic acids is 1. The molecule has 1 atom stereocenters. The number of aromatic nitrogens is 1. The molecule has 4 nitrogen and oxygen atoms in total. The third-order valence-corrected chi connectivity index (χ3v) is 4.35. The van der Waals surface area contributed by atoms with Gasteiger partial charge < -0.3 is 5.11 Å². The molecular weight excluding hydrogens is 288 g/mol. The number of hydrogen-bond donors (Lipinski definition) is 1. The predicted octanol–water partition coefficient (Wildman–Crippen LogP) is 3.33. The maximum Gasteiger partial charge on any atom is 0.320 e. The van der Waals surface area contributed by atoms with Crippen LogP contribution in [0.1, 0.15) is 25.3 Å². The number of carboxylic acid groups (broad SMARTS) is 1. The van der Waals surface area contributed by atoms with Crippen molar-refractivity contribution < 1.29 is 9.90 Å². The second-order valence-corrected chi connectivity index (χ2v) is 5.93. The highest BCUT2D eigenvalue weighted by atomic mass is 35.5. The molecule has 1 aliphatic carbocycles. The molecule has 1 fully saturated rings. The van der Waals surface area contributed by atoms with Crippen molar-refractivity contribution in [1.82, 2.24) is 9.88 Å². The van der Waals surface area contributed by atoms with Gasteiger partial charge in [0.05, 0.1) is 5.52 Å². The van der Waals surface area contributed by atoms with Gasteiger partial charge in [0.15, 0.2) is 0 Å². The molecule has 0 bridgehead atoms. The fraction of sp³-hybridized carbons (Fsp3) is 0.375. The van der Waals surface area contributed by atoms with E-state index >= 15 is 0 Å². The number of aliphatic carboxylic acids is 1. The molecular formula is C16H17ClN2O2. The Kier molecular flexibility index (Phi) is 3.83. The van der Waals surface area contributed by atoms with E-state index in [4.69, 9.17) is 11.6 Å². The third-order valence-electron chi connectivity index (χ3n) is 4.02. The van der Waals surface area contributed by atoms with Gasteiger partial charge in [-0.05, 0) is 43.5 Å². The minimum Gasteiger partial charge on any atom is -0.480 e. The van der Waals surface area contributed by atoms with Crippen LogP contribution < -0.4 is 0 Å². The molecule has 5 heteroatoms. The standard InChI is InChI=1S/C16H17ClN2O2/c1-10(16(20)21)19(12-5-6-12)9-11-4-7-14(17)13-3-2-8-18-15(11)13/h2-4,7-8,10,12H,5-6,9H2,1H3,(H,20,21). The molecule has 1 aromatic heterocycles. The van der Waals surface area contributed by atoms with Gasteiger partial charge >= 0.3 is 5.97 Å². The normalized spacial score (nSPS) is 16.3. The molecule has 0 spiro atoms. The van der Waals surface area contributed by atoms with E-state index in [-0.39, 0.29) is 0 Å². The fourth-order valence-electron chi connectivity index (χ4n) is 2.65. The van der Waals surface area contributed by atoms with Crippen LogP contribution in [0.15, 0.2) is 30.5 Å². The van der Waals surface area contributed by atoms with Gasteiger partial charge in [-0.3, -0.25) is 14.7 Å². The second kappa shape index (κ2) is 5.62. The number of pyridine rings is 1. The molecule has 1 aliphatic rings. The first kappa shape index (κ1) is 14.3. The summed E-state index contributed by atoms with van der Waals surface area (Å²) in [6.45, 7) is 2.33. The minimum atomic E-state index is -0.784. The van der Waals surface area contributed by atoms with Crippen LogP contribution >= 0.6 is 11.6 Å². The van der Waals surface area contributed by atoms with Crippen LogP contribution in [0.4, 0.5) is 0 Å². The van der Waals surface area contributed by atoms with E-state index in [2.05, 4.69) is 4.98 Å². The second-order valence-electron chi connectivity index (χ2n) is 5.52. The van der Waals surface area contributed by atoms with E-state index < -0.39 is 12.0 Å². The van der Waals surface area contributed by atoms with Crippen molar-refractivity contribution in [2.45, 2.75) is 38.4 Å². The summed E-state index contributed by atoms with van der Waals surface area (Å²) in [7, 11) is 0. The van der Waals surface area contributed by atoms with Crippen LogP contribution in [0.25, 0.3) is 10.9 Å². The summed E-state index contributed by atoms with van der Waals surface area (Å²) in [6, 6.07) is 7.48. The minimum absolute atomic E-state index is 0.366. The zero-order valence-electron chi connectivity index (χ0n) is 11.8. The highest BCUT2D eigenvalue weighted by molar-refractivity contribution is 6.35. The Morgan fingerprint density at radius 2 is 2.24 bits per heavy atom. The summed E-state index contributed by atoms with van der Waals surface area (Å²) in [6.07, 6.45) is 3.87. The highest BCUT2D eigenvalue weighted by Crippen LogP contribution is 2.32. The molecule has 1 N–H and O–H groups in total. The molecule has 0 aliphatic heterocycles. The molecule has 0 saturated heterocycles. The van der Waals surface area contributed by atoms with Gasteiger partial charge in [-0.25, -0.2) is 0 Å². The van der Waals surface area contributed by atoms with Crippen molar-refractivity contribution in [3.05, 3.63) is 41.0 Å². The van der Waals surface area contributed by atoms with Crippen LogP contribution in [-0.2, 0) is 11.3 Å². The Morgan fingerprint density at radius 1 is 1.48 bits per heavy atom. The maximum atomic E-state index is 11.3. The zero-order chi connectivity index (χ0) is 15.0. The first-order valence-electron chi connectivity index (χ1n) is 7.08. The van der Waals surface area contributed by atoms with Gasteiger partial charge in [0.25, 0.3) is 0 Å². The van der Waals surface area contributed by atoms with Crippen molar-refractivity contribution in [3.63, 3.8) is 0 Å². The van der Waals surface area contributed by atoms with Gasteiger partial charge in [0.1, 0.15) is 6.04 Å². The molecule has 0 radical (unpaired) electrons. The molecule has 1 unspecified atom stereocenters. The van der Waals surface area contributed by atoms with E-state index in [1.54, 1.807) is 13.1 Å². The summed E-state index contributed by atoms with van der Waals surface area (Å²) < 4.78 is 0. The summed E-state index contributed by atoms with van der Waals surface area (Å²) >= 11 is 6.21. The number of fused-ring (bicyclic) bond motifs is 1. The molecule has 1 aromatic carbocycles. The zero-order valence-corrected chi connectivity index (χ0v) is 12.5. The molecule has 1 heterocycles. The van der Waals surface area contributed by atoms with E-state index in [9.17, 15) is 9.90 Å². The number of rotatable bonds is 5. The van der Waals surface area contributed by atoms with Crippen molar-refractivity contribution in [2.24, 2.45) is 0 Å². The topological polar surface area (TPSA) is 53.4 Å². The van der Waals surface area contributed by atoms with E-state index in [0.717, 1.165) is 29.3 Å². The van der Waals surface area contributed by atoms with Gasteiger partial charge in [0, 0.05) is 29.2 Å². The molecule has 1 saturated carbocycles. The Balaban J connectivity index is 1.96. The molecule has 21 heavy (non-hydrogen) atoms. The van der Waals surface area contributed by atoms with Crippen molar-refractivity contribution in [2.75, 3.05) is 0 Å². The first-order chi connectivity index (χ1) is 10.1. The van der Waals surface area contributed by atoms with Crippen molar-refractivity contribution >= 4 is 28.5 Å². The Bertz CT molecular complexity index is 685. The largest absolute Gasteiger partial charge is 0.480 e. The average Bonchev–Trinajstić information content (AvgIpc) is 3.31. The summed E-state index contributed by atoms with van der Waals surface area (Å²) in [4.78, 5) is 17.8. The van der Waals surface area contributed by atoms with Gasteiger partial charge in [0.2, 0.25) is 0 Å². The summed E-state index contributed by atoms with van der Waals surface area (Å²) in [5, 5.41) is 10.9. The Morgan fingerprint density at radius 3 is 2.90 bits per heavy atom. The summed E-state index contributed by atoms with van der Waals surface area (Å²) in [5.74, 6) is -0.784. The smallest absolute Gasteiger partial charge is 0.320 e. The molecule has 110 valence electrons. The quantitative estimate of drug-likeness (QED) is 0.920. The monoisotopic (exact) mass is 304 g/mol. The highest BCUT2D eigenvalue weighted by Gasteiger charge is 2.35. The van der Waals surface area contributed by atoms with Gasteiger partial charge in [-0.2, -0.15) is 0 Å². The van der Waals surface area contributed by atoms with Gasteiger partial charge in [-0.15, -0.1) is 0 Å². The first-order valence-corrected chi connectivity index (χ1v) is 7.46. The third kappa shape index (κ3) is 2.87. The molecule has 3 rings (SSSR count). The Hall–Kier alpha value is -1.65. The lowest BCUT2D eigenvalue weighted by Crippen LogP contribution is -2.40. The molecule has 0 amide bonds. The fourth-order valence-corrected chi connectivity index (χ4v) is 2.87. The van der Waals surface area contributed by atoms with E-state index in [1.165, 1.54) is 0 Å². The van der Waals surface area contributed by atoms with Crippen LogP contribution in [-0.4, -0.2) is 33.0 Å². The molecule has 2 aromatic rings. The number of carbonyl (C=O) groups is 1. The maximum absolute atomic E-state index is 11.3. The average molecular weight is 305 g/mol. The lowest BCUT2D eigenvalue weighted by Gasteiger charge is -2.26. The van der Waals surface area contributed by atoms with Crippen LogP contribution in [0.3, 0.4) is 0 Å². The van der Waals surface area contributed by atoms with Crippen LogP contribution in [0.2, 0.25) is 5.02 Å². The van der Waals surface area contributed by atoms with Gasteiger partial charge in [-0.1, -0.05) is 17.7 Å². The van der Waals surface area contributed by atoms with Crippen LogP contribution in [0.5, 0.6) is 0 Å².